The van der Waals surface area contributed by atoms with Gasteiger partial charge >= 0.3 is 12.2 Å². The molecule has 1 fully saturated rings. The van der Waals surface area contributed by atoms with Crippen LogP contribution in [0.5, 0.6) is 0 Å². The van der Waals surface area contributed by atoms with Crippen LogP contribution in [0.25, 0.3) is 0 Å². The first-order chi connectivity index (χ1) is 10.8. The molecule has 1 aromatic carbocycles. The van der Waals surface area contributed by atoms with Gasteiger partial charge in [-0.2, -0.15) is 13.2 Å². The van der Waals surface area contributed by atoms with Gasteiger partial charge in [0.1, 0.15) is 5.82 Å². The van der Waals surface area contributed by atoms with Gasteiger partial charge in [-0.05, 0) is 25.0 Å². The van der Waals surface area contributed by atoms with E-state index in [1.807, 2.05) is 5.32 Å². The van der Waals surface area contributed by atoms with E-state index in [2.05, 4.69) is 17.2 Å². The minimum absolute atomic E-state index is 0.00107. The Morgan fingerprint density at radius 2 is 2.04 bits per heavy atom. The molecule has 1 aliphatic carbocycles. The number of hydrogen-bond donors (Lipinski definition) is 2. The third-order valence-electron chi connectivity index (χ3n) is 3.75. The van der Waals surface area contributed by atoms with E-state index in [9.17, 15) is 22.4 Å². The molecule has 0 saturated heterocycles. The summed E-state index contributed by atoms with van der Waals surface area (Å²) in [6, 6.07) is 0.789. The highest BCUT2D eigenvalue weighted by atomic mass is 35.5. The monoisotopic (exact) mass is 346 g/mol. The molecule has 122 valence electrons. The molecule has 23 heavy (non-hydrogen) atoms. The fourth-order valence-electron chi connectivity index (χ4n) is 2.36. The molecule has 3 nitrogen and oxygen atoms in total. The highest BCUT2D eigenvalue weighted by molar-refractivity contribution is 6.17. The van der Waals surface area contributed by atoms with Crippen molar-refractivity contribution in [2.75, 3.05) is 5.32 Å². The Balaban J connectivity index is 2.23. The number of benzene rings is 1. The van der Waals surface area contributed by atoms with Crippen LogP contribution in [0.15, 0.2) is 12.1 Å². The molecule has 2 N–H and O–H groups in total. The van der Waals surface area contributed by atoms with Crippen LogP contribution in [-0.2, 0) is 11.4 Å². The van der Waals surface area contributed by atoms with Gasteiger partial charge in [-0.25, -0.2) is 9.18 Å². The average Bonchev–Trinajstić information content (AvgIpc) is 3.27. The van der Waals surface area contributed by atoms with Crippen molar-refractivity contribution in [2.24, 2.45) is 5.92 Å². The molecule has 8 heteroatoms. The van der Waals surface area contributed by atoms with Crippen molar-refractivity contribution in [3.63, 3.8) is 0 Å². The zero-order chi connectivity index (χ0) is 16.8. The molecule has 3 rings (SSSR count). The molecular weight excluding hydrogens is 336 g/mol. The molecule has 1 unspecified atom stereocenters. The van der Waals surface area contributed by atoms with Crippen LogP contribution in [0.1, 0.15) is 24.0 Å². The van der Waals surface area contributed by atoms with Gasteiger partial charge < -0.3 is 10.6 Å². The van der Waals surface area contributed by atoms with Crippen LogP contribution in [0, 0.1) is 23.6 Å². The molecule has 1 aliphatic heterocycles. The zero-order valence-corrected chi connectivity index (χ0v) is 12.4. The van der Waals surface area contributed by atoms with Crippen LogP contribution in [0.2, 0.25) is 0 Å². The third kappa shape index (κ3) is 2.72. The first-order valence-corrected chi connectivity index (χ1v) is 7.38. The maximum atomic E-state index is 14.0. The maximum absolute atomic E-state index is 14.0. The van der Waals surface area contributed by atoms with Gasteiger partial charge in [0.05, 0.1) is 5.88 Å². The van der Waals surface area contributed by atoms with E-state index in [-0.39, 0.29) is 23.0 Å². The Hall–Kier alpha value is -1.94. The number of rotatable bonds is 1. The van der Waals surface area contributed by atoms with Gasteiger partial charge in [0.2, 0.25) is 5.54 Å². The lowest BCUT2D eigenvalue weighted by atomic mass is 9.85. The van der Waals surface area contributed by atoms with Crippen LogP contribution in [0.3, 0.4) is 0 Å². The van der Waals surface area contributed by atoms with Crippen LogP contribution in [-0.4, -0.2) is 12.2 Å². The molecule has 2 amide bonds. The Labute approximate surface area is 134 Å². The van der Waals surface area contributed by atoms with Gasteiger partial charge in [-0.15, -0.1) is 11.6 Å². The molecule has 0 spiro atoms. The number of anilines is 1. The summed E-state index contributed by atoms with van der Waals surface area (Å²) in [6.45, 7) is 0. The Bertz CT molecular complexity index is 733. The number of nitrogens with one attached hydrogen (secondary N) is 2. The average molecular weight is 347 g/mol. The van der Waals surface area contributed by atoms with Gasteiger partial charge in [-0.1, -0.05) is 11.8 Å². The lowest BCUT2D eigenvalue weighted by Gasteiger charge is -2.37. The van der Waals surface area contributed by atoms with Gasteiger partial charge in [0, 0.05) is 22.7 Å². The predicted octanol–water partition coefficient (Wildman–Crippen LogP) is 3.87. The Morgan fingerprint density at radius 3 is 2.61 bits per heavy atom. The molecule has 2 aliphatic rings. The zero-order valence-electron chi connectivity index (χ0n) is 11.7. The summed E-state index contributed by atoms with van der Waals surface area (Å²) in [5.41, 5.74) is -3.55. The molecule has 1 saturated carbocycles. The highest BCUT2D eigenvalue weighted by Crippen LogP contribution is 2.45. The second kappa shape index (κ2) is 5.31. The predicted molar refractivity (Wildman–Crippen MR) is 76.3 cm³/mol. The fourth-order valence-corrected chi connectivity index (χ4v) is 2.56. The second-order valence-electron chi connectivity index (χ2n) is 5.49. The summed E-state index contributed by atoms with van der Waals surface area (Å²) < 4.78 is 55.2. The first kappa shape index (κ1) is 15.9. The third-order valence-corrected chi connectivity index (χ3v) is 4.04. The standard InChI is InChI=1S/C15H11ClF4N2O/c16-7-9-5-12-10(6-11(9)17)14(15(18,19)20,22-13(23)21-12)4-3-8-1-2-8/h5-6,8H,1-2,7H2,(H2,21,22,23). The van der Waals surface area contributed by atoms with Gasteiger partial charge in [0.15, 0.2) is 0 Å². The number of amides is 2. The maximum Gasteiger partial charge on any atom is 0.427 e. The normalized spacial score (nSPS) is 23.3. The van der Waals surface area contributed by atoms with Crippen LogP contribution < -0.4 is 10.6 Å². The number of carbonyl (C=O) groups is 1. The summed E-state index contributed by atoms with van der Waals surface area (Å²) in [4.78, 5) is 11.7. The smallest absolute Gasteiger partial charge is 0.310 e. The molecule has 0 radical (unpaired) electrons. The molecule has 1 heterocycles. The van der Waals surface area contributed by atoms with Crippen molar-refractivity contribution in [3.05, 3.63) is 29.1 Å². The van der Waals surface area contributed by atoms with E-state index in [0.29, 0.717) is 0 Å². The molecule has 1 atom stereocenters. The van der Waals surface area contributed by atoms with E-state index >= 15 is 0 Å². The number of halogens is 5. The summed E-state index contributed by atoms with van der Waals surface area (Å²) in [5, 5.41) is 4.07. The number of carbonyl (C=O) groups excluding carboxylic acids is 1. The van der Waals surface area contributed by atoms with Crippen molar-refractivity contribution in [3.8, 4) is 11.8 Å². The summed E-state index contributed by atoms with van der Waals surface area (Å²) in [5.74, 6) is 3.45. The highest BCUT2D eigenvalue weighted by Gasteiger charge is 2.59. The molecule has 0 aromatic heterocycles. The largest absolute Gasteiger partial charge is 0.427 e. The number of hydrogen-bond acceptors (Lipinski definition) is 1. The Kier molecular flexibility index (Phi) is 3.68. The van der Waals surface area contributed by atoms with Crippen molar-refractivity contribution in [1.29, 1.82) is 0 Å². The first-order valence-electron chi connectivity index (χ1n) is 6.84. The summed E-state index contributed by atoms with van der Waals surface area (Å²) in [6.07, 6.45) is -3.46. The van der Waals surface area contributed by atoms with Gasteiger partial charge in [-0.3, -0.25) is 0 Å². The van der Waals surface area contributed by atoms with E-state index in [1.54, 1.807) is 0 Å². The minimum Gasteiger partial charge on any atom is -0.310 e. The number of urea groups is 1. The van der Waals surface area contributed by atoms with Crippen molar-refractivity contribution >= 4 is 23.3 Å². The van der Waals surface area contributed by atoms with E-state index < -0.39 is 29.1 Å². The molecule has 0 bridgehead atoms. The van der Waals surface area contributed by atoms with Gasteiger partial charge in [0.25, 0.3) is 0 Å². The van der Waals surface area contributed by atoms with Crippen molar-refractivity contribution in [2.45, 2.75) is 30.4 Å². The van der Waals surface area contributed by atoms with Crippen molar-refractivity contribution < 1.29 is 22.4 Å². The summed E-state index contributed by atoms with van der Waals surface area (Å²) >= 11 is 5.56. The SMILES string of the molecule is O=C1Nc2cc(CCl)c(F)cc2C(C#CC2CC2)(C(F)(F)F)N1. The number of fused-ring (bicyclic) bond motifs is 1. The lowest BCUT2D eigenvalue weighted by Crippen LogP contribution is -2.59. The quantitative estimate of drug-likeness (QED) is 0.452. The second-order valence-corrected chi connectivity index (χ2v) is 5.76. The minimum atomic E-state index is -4.91. The number of alkyl halides is 4. The molecule has 1 aromatic rings. The van der Waals surface area contributed by atoms with E-state index in [4.69, 9.17) is 11.6 Å². The van der Waals surface area contributed by atoms with Crippen molar-refractivity contribution in [1.82, 2.24) is 5.32 Å². The van der Waals surface area contributed by atoms with E-state index in [0.717, 1.165) is 25.0 Å². The Morgan fingerprint density at radius 1 is 1.35 bits per heavy atom. The van der Waals surface area contributed by atoms with Crippen LogP contribution in [0.4, 0.5) is 28.0 Å². The summed E-state index contributed by atoms with van der Waals surface area (Å²) in [7, 11) is 0. The molecular formula is C15H11ClF4N2O. The van der Waals surface area contributed by atoms with Crippen LogP contribution >= 0.6 is 11.6 Å². The fraction of sp³-hybridized carbons (Fsp3) is 0.400. The lowest BCUT2D eigenvalue weighted by molar-refractivity contribution is -0.178. The van der Waals surface area contributed by atoms with E-state index in [1.165, 1.54) is 0 Å². The topological polar surface area (TPSA) is 41.1 Å².